The second-order valence-corrected chi connectivity index (χ2v) is 6.57. The number of hydrogen-bond donors (Lipinski definition) is 2. The maximum absolute atomic E-state index is 11.9. The average Bonchev–Trinajstić information content (AvgIpc) is 2.75. The Hall–Kier alpha value is -2.19. The van der Waals surface area contributed by atoms with Gasteiger partial charge in [0.2, 0.25) is 0 Å². The van der Waals surface area contributed by atoms with Gasteiger partial charge in [-0.25, -0.2) is 0 Å². The number of hydrogen-bond acceptors (Lipinski definition) is 5. The van der Waals surface area contributed by atoms with E-state index in [2.05, 4.69) is 5.32 Å². The lowest BCUT2D eigenvalue weighted by Gasteiger charge is -2.09. The average molecular weight is 350 g/mol. The van der Waals surface area contributed by atoms with Gasteiger partial charge in [-0.1, -0.05) is 36.1 Å². The predicted molar refractivity (Wildman–Crippen MR) is 91.9 cm³/mol. The Morgan fingerprint density at radius 3 is 2.43 bits per heavy atom. The van der Waals surface area contributed by atoms with Crippen LogP contribution in [-0.2, 0) is 9.59 Å². The van der Waals surface area contributed by atoms with E-state index in [-0.39, 0.29) is 5.91 Å². The topological polar surface area (TPSA) is 86.7 Å². The molecule has 1 fully saturated rings. The maximum atomic E-state index is 11.9. The summed E-state index contributed by atoms with van der Waals surface area (Å²) in [5.74, 6) is -1.72. The Bertz CT molecular complexity index is 713. The molecule has 0 saturated carbocycles. The fourth-order valence-electron chi connectivity index (χ4n) is 1.77. The first-order valence-corrected chi connectivity index (χ1v) is 7.87. The van der Waals surface area contributed by atoms with Gasteiger partial charge in [-0.3, -0.25) is 19.3 Å². The fourth-order valence-corrected chi connectivity index (χ4v) is 2.95. The summed E-state index contributed by atoms with van der Waals surface area (Å²) in [5.41, 5.74) is 1.10. The Balaban J connectivity index is 2.11. The predicted octanol–water partition coefficient (Wildman–Crippen LogP) is 1.72. The first-order valence-electron chi connectivity index (χ1n) is 6.65. The van der Waals surface area contributed by atoms with Gasteiger partial charge in [0.25, 0.3) is 11.8 Å². The number of carboxylic acid groups (broad SMARTS) is 1. The summed E-state index contributed by atoms with van der Waals surface area (Å²) < 4.78 is 0.500. The Labute approximate surface area is 142 Å². The van der Waals surface area contributed by atoms with Crippen molar-refractivity contribution >= 4 is 52.2 Å². The van der Waals surface area contributed by atoms with Crippen molar-refractivity contribution in [1.82, 2.24) is 10.2 Å². The summed E-state index contributed by atoms with van der Waals surface area (Å²) in [7, 11) is 1.62. The van der Waals surface area contributed by atoms with Crippen molar-refractivity contribution in [2.24, 2.45) is 0 Å². The second-order valence-electron chi connectivity index (χ2n) is 4.90. The monoisotopic (exact) mass is 350 g/mol. The number of amides is 2. The molecule has 0 spiro atoms. The van der Waals surface area contributed by atoms with E-state index in [1.807, 2.05) is 0 Å². The molecular weight excluding hydrogens is 336 g/mol. The van der Waals surface area contributed by atoms with E-state index in [4.69, 9.17) is 17.3 Å². The molecule has 0 aromatic heterocycles. The first-order chi connectivity index (χ1) is 10.8. The highest BCUT2D eigenvalue weighted by molar-refractivity contribution is 8.26. The molecule has 1 saturated heterocycles. The third-order valence-electron chi connectivity index (χ3n) is 3.18. The zero-order valence-corrected chi connectivity index (χ0v) is 14.0. The molecule has 1 aromatic carbocycles. The van der Waals surface area contributed by atoms with Gasteiger partial charge >= 0.3 is 5.97 Å². The molecule has 2 amide bonds. The molecule has 1 unspecified atom stereocenters. The van der Waals surface area contributed by atoms with E-state index in [0.29, 0.717) is 14.8 Å². The van der Waals surface area contributed by atoms with Crippen LogP contribution in [0.25, 0.3) is 6.08 Å². The molecule has 0 radical (unpaired) electrons. The molecule has 1 aliphatic rings. The standard InChI is InChI=1S/C15H14N2O4S2/c1-8(14(20)21)16-12(18)10-5-3-9(4-6-10)7-11-13(19)17(2)15(22)23-11/h3-8H,1-2H3,(H,16,18)(H,20,21)/b11-7-. The van der Waals surface area contributed by atoms with Crippen molar-refractivity contribution in [3.05, 3.63) is 40.3 Å². The molecule has 0 aliphatic carbocycles. The van der Waals surface area contributed by atoms with E-state index < -0.39 is 17.9 Å². The van der Waals surface area contributed by atoms with Crippen LogP contribution in [0.4, 0.5) is 0 Å². The molecule has 1 atom stereocenters. The van der Waals surface area contributed by atoms with Crippen LogP contribution in [0.1, 0.15) is 22.8 Å². The van der Waals surface area contributed by atoms with Crippen LogP contribution in [0.2, 0.25) is 0 Å². The van der Waals surface area contributed by atoms with Crippen LogP contribution in [-0.4, -0.2) is 45.2 Å². The first kappa shape index (κ1) is 17.2. The van der Waals surface area contributed by atoms with Crippen LogP contribution in [0.3, 0.4) is 0 Å². The summed E-state index contributed by atoms with van der Waals surface area (Å²) in [6.07, 6.45) is 1.70. The Morgan fingerprint density at radius 1 is 1.35 bits per heavy atom. The van der Waals surface area contributed by atoms with Gasteiger partial charge in [-0.15, -0.1) is 0 Å². The smallest absolute Gasteiger partial charge is 0.325 e. The van der Waals surface area contributed by atoms with Gasteiger partial charge in [0.05, 0.1) is 4.91 Å². The number of carbonyl (C=O) groups is 3. The van der Waals surface area contributed by atoms with Gasteiger partial charge in [0.1, 0.15) is 10.4 Å². The normalized spacial score (nSPS) is 17.5. The van der Waals surface area contributed by atoms with Gasteiger partial charge < -0.3 is 10.4 Å². The zero-order valence-electron chi connectivity index (χ0n) is 12.4. The van der Waals surface area contributed by atoms with Crippen LogP contribution in [0.5, 0.6) is 0 Å². The fraction of sp³-hybridized carbons (Fsp3) is 0.200. The summed E-state index contributed by atoms with van der Waals surface area (Å²) in [6, 6.07) is 5.55. The lowest BCUT2D eigenvalue weighted by Crippen LogP contribution is -2.38. The molecule has 1 heterocycles. The largest absolute Gasteiger partial charge is 0.480 e. The highest BCUT2D eigenvalue weighted by Gasteiger charge is 2.28. The summed E-state index contributed by atoms with van der Waals surface area (Å²) in [5, 5.41) is 11.1. The molecule has 6 nitrogen and oxygen atoms in total. The van der Waals surface area contributed by atoms with E-state index in [1.54, 1.807) is 37.4 Å². The quantitative estimate of drug-likeness (QED) is 0.635. The summed E-state index contributed by atoms with van der Waals surface area (Å²) in [6.45, 7) is 1.39. The SMILES string of the molecule is CC(NC(=O)c1ccc(/C=C2\SC(=S)N(C)C2=O)cc1)C(=O)O. The van der Waals surface area contributed by atoms with E-state index in [1.165, 1.54) is 23.6 Å². The molecule has 2 rings (SSSR count). The molecule has 8 heteroatoms. The summed E-state index contributed by atoms with van der Waals surface area (Å²) >= 11 is 6.28. The number of carboxylic acids is 1. The lowest BCUT2D eigenvalue weighted by molar-refractivity contribution is -0.138. The van der Waals surface area contributed by atoms with Crippen LogP contribution < -0.4 is 5.32 Å². The molecule has 120 valence electrons. The maximum Gasteiger partial charge on any atom is 0.325 e. The molecular formula is C15H14N2O4S2. The molecule has 1 aromatic rings. The number of nitrogens with zero attached hydrogens (tertiary/aromatic N) is 1. The Kier molecular flexibility index (Phi) is 5.17. The third kappa shape index (κ3) is 3.96. The minimum atomic E-state index is -1.10. The molecule has 1 aliphatic heterocycles. The van der Waals surface area contributed by atoms with Crippen LogP contribution in [0.15, 0.2) is 29.2 Å². The summed E-state index contributed by atoms with van der Waals surface area (Å²) in [4.78, 5) is 36.4. The number of rotatable bonds is 4. The number of carbonyl (C=O) groups excluding carboxylic acids is 2. The number of benzene rings is 1. The van der Waals surface area contributed by atoms with Crippen LogP contribution >= 0.6 is 24.0 Å². The number of likely N-dealkylation sites (N-methyl/N-ethyl adjacent to an activating group) is 1. The van der Waals surface area contributed by atoms with E-state index in [0.717, 1.165) is 5.56 Å². The number of nitrogens with one attached hydrogen (secondary N) is 1. The van der Waals surface area contributed by atoms with Gasteiger partial charge in [0.15, 0.2) is 0 Å². The second kappa shape index (κ2) is 6.93. The van der Waals surface area contributed by atoms with Crippen molar-refractivity contribution in [3.63, 3.8) is 0 Å². The molecule has 0 bridgehead atoms. The van der Waals surface area contributed by atoms with E-state index >= 15 is 0 Å². The van der Waals surface area contributed by atoms with Gasteiger partial charge in [0, 0.05) is 12.6 Å². The van der Waals surface area contributed by atoms with Gasteiger partial charge in [-0.05, 0) is 30.7 Å². The lowest BCUT2D eigenvalue weighted by atomic mass is 10.1. The minimum Gasteiger partial charge on any atom is -0.480 e. The highest BCUT2D eigenvalue weighted by Crippen LogP contribution is 2.31. The Morgan fingerprint density at radius 2 is 1.96 bits per heavy atom. The van der Waals surface area contributed by atoms with Crippen molar-refractivity contribution < 1.29 is 19.5 Å². The van der Waals surface area contributed by atoms with Crippen molar-refractivity contribution in [1.29, 1.82) is 0 Å². The minimum absolute atomic E-state index is 0.155. The number of aliphatic carboxylic acids is 1. The number of thiocarbonyl (C=S) groups is 1. The van der Waals surface area contributed by atoms with Crippen molar-refractivity contribution in [3.8, 4) is 0 Å². The third-order valence-corrected chi connectivity index (χ3v) is 4.66. The van der Waals surface area contributed by atoms with E-state index in [9.17, 15) is 14.4 Å². The van der Waals surface area contributed by atoms with Gasteiger partial charge in [-0.2, -0.15) is 0 Å². The van der Waals surface area contributed by atoms with Crippen molar-refractivity contribution in [2.75, 3.05) is 7.05 Å². The molecule has 2 N–H and O–H groups in total. The zero-order chi connectivity index (χ0) is 17.1. The number of thioether (sulfide) groups is 1. The highest BCUT2D eigenvalue weighted by atomic mass is 32.2. The van der Waals surface area contributed by atoms with Crippen LogP contribution in [0, 0.1) is 0 Å². The van der Waals surface area contributed by atoms with Crippen molar-refractivity contribution in [2.45, 2.75) is 13.0 Å². The molecule has 23 heavy (non-hydrogen) atoms.